The largest absolute Gasteiger partial charge is 0.309 e. The maximum Gasteiger partial charge on any atom is 0.230 e. The first kappa shape index (κ1) is 32.2. The number of aromatic nitrogens is 2. The molecule has 8 aromatic carbocycles. The van der Waals surface area contributed by atoms with Gasteiger partial charge < -0.3 is 4.57 Å². The van der Waals surface area contributed by atoms with Gasteiger partial charge in [-0.05, 0) is 106 Å². The maximum absolute atomic E-state index is 5.36. The van der Waals surface area contributed by atoms with Crippen LogP contribution >= 0.6 is 0 Å². The van der Waals surface area contributed by atoms with Crippen LogP contribution in [-0.2, 0) is 0 Å². The number of fused-ring (bicyclic) bond motifs is 6. The Labute approximate surface area is 325 Å². The van der Waals surface area contributed by atoms with E-state index in [4.69, 9.17) is 9.98 Å². The van der Waals surface area contributed by atoms with Gasteiger partial charge in [0.2, 0.25) is 5.96 Å². The van der Waals surface area contributed by atoms with Gasteiger partial charge in [0.25, 0.3) is 0 Å². The van der Waals surface area contributed by atoms with Crippen molar-refractivity contribution in [1.82, 2.24) is 9.13 Å². The second kappa shape index (κ2) is 13.2. The average molecular weight is 717 g/mol. The van der Waals surface area contributed by atoms with Gasteiger partial charge in [-0.2, -0.15) is 0 Å². The molecule has 0 atom stereocenters. The SMILES string of the molecule is c1ccc(-c2cc(C3=NC(n4c5ccccc5c5cc(-c6ccc7c(c6)c6ccccc6n7-c6ccccc6)ccc54)=NCC3)cc(-c3ccccc3)c2)cc1. The summed E-state index contributed by atoms with van der Waals surface area (Å²) in [5.41, 5.74) is 15.1. The summed E-state index contributed by atoms with van der Waals surface area (Å²) in [7, 11) is 0. The molecule has 0 unspecified atom stereocenters. The van der Waals surface area contributed by atoms with Crippen molar-refractivity contribution in [3.8, 4) is 39.1 Å². The van der Waals surface area contributed by atoms with Crippen LogP contribution in [0.5, 0.6) is 0 Å². The lowest BCUT2D eigenvalue weighted by molar-refractivity contribution is 0.984. The van der Waals surface area contributed by atoms with Crippen LogP contribution in [0, 0.1) is 0 Å². The zero-order valence-corrected chi connectivity index (χ0v) is 30.7. The normalized spacial score (nSPS) is 13.1. The monoisotopic (exact) mass is 716 g/mol. The summed E-state index contributed by atoms with van der Waals surface area (Å²) >= 11 is 0. The van der Waals surface area contributed by atoms with Crippen LogP contribution in [0.2, 0.25) is 0 Å². The quantitative estimate of drug-likeness (QED) is 0.170. The molecule has 56 heavy (non-hydrogen) atoms. The summed E-state index contributed by atoms with van der Waals surface area (Å²) in [5, 5.41) is 4.87. The van der Waals surface area contributed by atoms with Gasteiger partial charge in [0.05, 0.1) is 27.8 Å². The van der Waals surface area contributed by atoms with Gasteiger partial charge in [0.1, 0.15) is 0 Å². The van der Waals surface area contributed by atoms with Crippen LogP contribution in [0.25, 0.3) is 82.7 Å². The Morgan fingerprint density at radius 2 is 0.804 bits per heavy atom. The van der Waals surface area contributed by atoms with Crippen LogP contribution < -0.4 is 0 Å². The van der Waals surface area contributed by atoms with E-state index in [-0.39, 0.29) is 0 Å². The fourth-order valence-corrected chi connectivity index (χ4v) is 8.57. The van der Waals surface area contributed by atoms with E-state index in [2.05, 4.69) is 203 Å². The summed E-state index contributed by atoms with van der Waals surface area (Å²) in [5.74, 6) is 0.728. The predicted molar refractivity (Wildman–Crippen MR) is 235 cm³/mol. The molecule has 4 heteroatoms. The molecule has 10 aromatic rings. The van der Waals surface area contributed by atoms with Crippen molar-refractivity contribution < 1.29 is 0 Å². The van der Waals surface area contributed by atoms with E-state index in [0.717, 1.165) is 40.4 Å². The molecule has 0 saturated carbocycles. The van der Waals surface area contributed by atoms with E-state index >= 15 is 0 Å². The zero-order chi connectivity index (χ0) is 37.0. The molecule has 264 valence electrons. The first-order chi connectivity index (χ1) is 27.8. The highest BCUT2D eigenvalue weighted by molar-refractivity contribution is 6.18. The van der Waals surface area contributed by atoms with Crippen molar-refractivity contribution in [2.24, 2.45) is 9.98 Å². The molecule has 11 rings (SSSR count). The molecule has 4 nitrogen and oxygen atoms in total. The van der Waals surface area contributed by atoms with Gasteiger partial charge in [0.15, 0.2) is 0 Å². The number of rotatable bonds is 5. The molecular formula is C52H36N4. The predicted octanol–water partition coefficient (Wildman–Crippen LogP) is 13.0. The molecule has 1 aliphatic heterocycles. The molecule has 1 aliphatic rings. The molecule has 0 amide bonds. The molecular weight excluding hydrogens is 681 g/mol. The zero-order valence-electron chi connectivity index (χ0n) is 30.7. The fraction of sp³-hybridized carbons (Fsp3) is 0.0385. The topological polar surface area (TPSA) is 34.6 Å². The Bertz CT molecular complexity index is 3110. The molecule has 0 radical (unpaired) electrons. The molecule has 3 heterocycles. The Hall–Kier alpha value is -7.30. The van der Waals surface area contributed by atoms with Crippen LogP contribution in [0.3, 0.4) is 0 Å². The summed E-state index contributed by atoms with van der Waals surface area (Å²) in [6.07, 6.45) is 0.778. The summed E-state index contributed by atoms with van der Waals surface area (Å²) in [4.78, 5) is 10.4. The third-order valence-electron chi connectivity index (χ3n) is 11.2. The molecule has 0 aliphatic carbocycles. The number of aliphatic imine (C=N–C) groups is 2. The highest BCUT2D eigenvalue weighted by Gasteiger charge is 2.20. The van der Waals surface area contributed by atoms with Crippen molar-refractivity contribution >= 4 is 55.3 Å². The lowest BCUT2D eigenvalue weighted by Crippen LogP contribution is -2.19. The van der Waals surface area contributed by atoms with Crippen molar-refractivity contribution in [1.29, 1.82) is 0 Å². The van der Waals surface area contributed by atoms with E-state index < -0.39 is 0 Å². The molecule has 0 spiro atoms. The first-order valence-electron chi connectivity index (χ1n) is 19.3. The molecule has 0 N–H and O–H groups in total. The van der Waals surface area contributed by atoms with E-state index in [1.54, 1.807) is 0 Å². The van der Waals surface area contributed by atoms with E-state index in [9.17, 15) is 0 Å². The summed E-state index contributed by atoms with van der Waals surface area (Å²) in [6.45, 7) is 0.674. The lowest BCUT2D eigenvalue weighted by Gasteiger charge is -2.17. The number of hydrogen-bond donors (Lipinski definition) is 0. The number of benzene rings is 8. The molecule has 0 fully saturated rings. The van der Waals surface area contributed by atoms with Gasteiger partial charge in [-0.15, -0.1) is 0 Å². The molecule has 0 bridgehead atoms. The standard InChI is InChI=1S/C52H36N4/c1-4-14-35(15-5-1)39-30-40(36-16-6-2-7-17-36)32-41(31-39)47-28-29-53-52(54-47)56-49-23-13-11-21-44(49)46-34-38(25-27-51(46)56)37-24-26-50-45(33-37)43-20-10-12-22-48(43)55(50)42-18-8-3-9-19-42/h1-27,30-34H,28-29H2. The van der Waals surface area contributed by atoms with Gasteiger partial charge >= 0.3 is 0 Å². The second-order valence-electron chi connectivity index (χ2n) is 14.5. The van der Waals surface area contributed by atoms with Gasteiger partial charge in [-0.25, -0.2) is 4.99 Å². The Balaban J connectivity index is 1.03. The molecule has 0 saturated heterocycles. The fourth-order valence-electron chi connectivity index (χ4n) is 8.57. The first-order valence-corrected chi connectivity index (χ1v) is 19.3. The van der Waals surface area contributed by atoms with Crippen molar-refractivity contribution in [2.45, 2.75) is 6.42 Å². The van der Waals surface area contributed by atoms with Crippen molar-refractivity contribution in [3.63, 3.8) is 0 Å². The third-order valence-corrected chi connectivity index (χ3v) is 11.2. The van der Waals surface area contributed by atoms with Crippen LogP contribution in [-0.4, -0.2) is 27.4 Å². The Morgan fingerprint density at radius 3 is 1.39 bits per heavy atom. The van der Waals surface area contributed by atoms with E-state index in [1.165, 1.54) is 66.0 Å². The smallest absolute Gasteiger partial charge is 0.230 e. The van der Waals surface area contributed by atoms with Gasteiger partial charge in [-0.3, -0.25) is 9.56 Å². The Morgan fingerprint density at radius 1 is 0.339 bits per heavy atom. The van der Waals surface area contributed by atoms with Crippen LogP contribution in [0.4, 0.5) is 0 Å². The van der Waals surface area contributed by atoms with Gasteiger partial charge in [-0.1, -0.05) is 127 Å². The number of nitrogens with zero attached hydrogens (tertiary/aromatic N) is 4. The van der Waals surface area contributed by atoms with Crippen molar-refractivity contribution in [2.75, 3.05) is 6.54 Å². The minimum Gasteiger partial charge on any atom is -0.309 e. The van der Waals surface area contributed by atoms with E-state index in [0.29, 0.717) is 6.54 Å². The van der Waals surface area contributed by atoms with Crippen LogP contribution in [0.1, 0.15) is 12.0 Å². The molecule has 2 aromatic heterocycles. The average Bonchev–Trinajstić information content (AvgIpc) is 3.79. The Kier molecular flexibility index (Phi) is 7.59. The minimum absolute atomic E-state index is 0.674. The highest BCUT2D eigenvalue weighted by Crippen LogP contribution is 2.38. The van der Waals surface area contributed by atoms with E-state index in [1.807, 2.05) is 0 Å². The van der Waals surface area contributed by atoms with Crippen molar-refractivity contribution in [3.05, 3.63) is 200 Å². The number of hydrogen-bond acceptors (Lipinski definition) is 2. The van der Waals surface area contributed by atoms with Crippen LogP contribution in [0.15, 0.2) is 204 Å². The highest BCUT2D eigenvalue weighted by atomic mass is 15.2. The maximum atomic E-state index is 5.36. The van der Waals surface area contributed by atoms with Gasteiger partial charge in [0, 0.05) is 40.2 Å². The second-order valence-corrected chi connectivity index (χ2v) is 14.5. The number of para-hydroxylation sites is 3. The third kappa shape index (κ3) is 5.38. The summed E-state index contributed by atoms with van der Waals surface area (Å²) < 4.78 is 4.62. The lowest BCUT2D eigenvalue weighted by atomic mass is 9.93. The summed E-state index contributed by atoms with van der Waals surface area (Å²) in [6, 6.07) is 69.8. The minimum atomic E-state index is 0.674.